The lowest BCUT2D eigenvalue weighted by atomic mass is 10.2. The van der Waals surface area contributed by atoms with Gasteiger partial charge in [-0.3, -0.25) is 4.98 Å². The zero-order valence-corrected chi connectivity index (χ0v) is 14.7. The molecular formula is C17H16F3N5S. The molecule has 0 bridgehead atoms. The number of pyridine rings is 1. The topological polar surface area (TPSA) is 63.6 Å². The molecule has 136 valence electrons. The van der Waals surface area contributed by atoms with Gasteiger partial charge in [-0.05, 0) is 18.6 Å². The quantitative estimate of drug-likeness (QED) is 0.694. The van der Waals surface area contributed by atoms with E-state index in [9.17, 15) is 13.2 Å². The van der Waals surface area contributed by atoms with Gasteiger partial charge in [-0.25, -0.2) is 15.0 Å². The Balaban J connectivity index is 1.79. The molecular weight excluding hydrogens is 363 g/mol. The molecule has 26 heavy (non-hydrogen) atoms. The molecule has 0 atom stereocenters. The summed E-state index contributed by atoms with van der Waals surface area (Å²) in [5, 5.41) is 3.88. The zero-order valence-electron chi connectivity index (χ0n) is 13.9. The first kappa shape index (κ1) is 18.2. The summed E-state index contributed by atoms with van der Waals surface area (Å²) in [6.45, 7) is 2.48. The number of hydrogen-bond donors (Lipinski definition) is 1. The monoisotopic (exact) mass is 379 g/mol. The van der Waals surface area contributed by atoms with E-state index in [2.05, 4.69) is 32.2 Å². The van der Waals surface area contributed by atoms with Gasteiger partial charge >= 0.3 is 6.18 Å². The van der Waals surface area contributed by atoms with Crippen LogP contribution in [0.15, 0.2) is 36.8 Å². The summed E-state index contributed by atoms with van der Waals surface area (Å²) >= 11 is 1.60. The molecule has 0 spiro atoms. The number of thiazole rings is 1. The third-order valence-corrected chi connectivity index (χ3v) is 4.73. The molecule has 0 saturated carbocycles. The van der Waals surface area contributed by atoms with Crippen molar-refractivity contribution in [3.05, 3.63) is 52.4 Å². The van der Waals surface area contributed by atoms with Crippen molar-refractivity contribution in [1.82, 2.24) is 19.9 Å². The molecule has 3 aromatic heterocycles. The van der Waals surface area contributed by atoms with E-state index < -0.39 is 11.9 Å². The number of anilines is 1. The third kappa shape index (κ3) is 4.54. The van der Waals surface area contributed by atoms with Gasteiger partial charge < -0.3 is 5.32 Å². The molecule has 5 nitrogen and oxygen atoms in total. The molecule has 3 rings (SSSR count). The maximum absolute atomic E-state index is 13.2. The highest BCUT2D eigenvalue weighted by molar-refractivity contribution is 7.11. The average molecular weight is 379 g/mol. The lowest BCUT2D eigenvalue weighted by molar-refractivity contribution is -0.141. The lowest BCUT2D eigenvalue weighted by Crippen LogP contribution is -2.13. The maximum Gasteiger partial charge on any atom is 0.433 e. The molecule has 0 aliphatic heterocycles. The van der Waals surface area contributed by atoms with Crippen molar-refractivity contribution in [3.8, 4) is 11.4 Å². The Morgan fingerprint density at radius 2 is 2.04 bits per heavy atom. The van der Waals surface area contributed by atoms with E-state index in [-0.39, 0.29) is 11.6 Å². The minimum absolute atomic E-state index is 0.0158. The average Bonchev–Trinajstić information content (AvgIpc) is 3.09. The van der Waals surface area contributed by atoms with Crippen LogP contribution in [0, 0.1) is 0 Å². The number of rotatable bonds is 6. The lowest BCUT2D eigenvalue weighted by Gasteiger charge is -2.11. The molecule has 0 radical (unpaired) electrons. The summed E-state index contributed by atoms with van der Waals surface area (Å²) in [5.41, 5.74) is -0.564. The third-order valence-electron chi connectivity index (χ3n) is 3.53. The summed E-state index contributed by atoms with van der Waals surface area (Å²) < 4.78 is 39.5. The molecule has 3 aromatic rings. The first-order valence-electron chi connectivity index (χ1n) is 8.00. The summed E-state index contributed by atoms with van der Waals surface area (Å²) in [4.78, 5) is 17.2. The van der Waals surface area contributed by atoms with Crippen LogP contribution in [-0.4, -0.2) is 26.5 Å². The standard InChI is InChI=1S/C17H16F3N5S/c1-2-12-10-23-15(26-12)5-7-22-14-8-13(17(18,19)20)24-16(25-14)11-4-3-6-21-9-11/h3-4,6,8-10H,2,5,7H2,1H3,(H,22,24,25). The van der Waals surface area contributed by atoms with Crippen LogP contribution in [0.3, 0.4) is 0 Å². The predicted octanol–water partition coefficient (Wildman–Crippen LogP) is 4.23. The second kappa shape index (κ2) is 7.77. The number of nitrogens with zero attached hydrogens (tertiary/aromatic N) is 4. The smallest absolute Gasteiger partial charge is 0.370 e. The second-order valence-electron chi connectivity index (χ2n) is 5.45. The van der Waals surface area contributed by atoms with Gasteiger partial charge in [-0.15, -0.1) is 11.3 Å². The Morgan fingerprint density at radius 1 is 1.19 bits per heavy atom. The first-order chi connectivity index (χ1) is 12.5. The Bertz CT molecular complexity index is 864. The van der Waals surface area contributed by atoms with E-state index in [1.807, 2.05) is 6.20 Å². The molecule has 0 saturated heterocycles. The number of halogens is 3. The van der Waals surface area contributed by atoms with Crippen molar-refractivity contribution >= 4 is 17.2 Å². The summed E-state index contributed by atoms with van der Waals surface area (Å²) in [7, 11) is 0. The van der Waals surface area contributed by atoms with Crippen molar-refractivity contribution in [3.63, 3.8) is 0 Å². The molecule has 0 aromatic carbocycles. The fraction of sp³-hybridized carbons (Fsp3) is 0.294. The number of hydrogen-bond acceptors (Lipinski definition) is 6. The number of aryl methyl sites for hydroxylation is 1. The van der Waals surface area contributed by atoms with Crippen LogP contribution in [0.1, 0.15) is 22.5 Å². The minimum atomic E-state index is -4.55. The Kier molecular flexibility index (Phi) is 5.46. The molecule has 0 fully saturated rings. The van der Waals surface area contributed by atoms with Crippen LogP contribution in [0.5, 0.6) is 0 Å². The van der Waals surface area contributed by atoms with Gasteiger partial charge in [0.1, 0.15) is 5.82 Å². The number of aromatic nitrogens is 4. The van der Waals surface area contributed by atoms with Gasteiger partial charge in [0.25, 0.3) is 0 Å². The molecule has 0 unspecified atom stereocenters. The highest BCUT2D eigenvalue weighted by atomic mass is 32.1. The van der Waals surface area contributed by atoms with Gasteiger partial charge in [-0.2, -0.15) is 13.2 Å². The minimum Gasteiger partial charge on any atom is -0.370 e. The summed E-state index contributed by atoms with van der Waals surface area (Å²) in [6.07, 6.45) is 1.77. The van der Waals surface area contributed by atoms with Crippen LogP contribution >= 0.6 is 11.3 Å². The maximum atomic E-state index is 13.2. The van der Waals surface area contributed by atoms with E-state index in [0.29, 0.717) is 18.5 Å². The number of alkyl halides is 3. The van der Waals surface area contributed by atoms with Gasteiger partial charge in [0, 0.05) is 48.1 Å². The van der Waals surface area contributed by atoms with Gasteiger partial charge in [0.2, 0.25) is 0 Å². The molecule has 0 amide bonds. The Labute approximate surface area is 152 Å². The highest BCUT2D eigenvalue weighted by Gasteiger charge is 2.33. The van der Waals surface area contributed by atoms with Gasteiger partial charge in [0.15, 0.2) is 11.5 Å². The van der Waals surface area contributed by atoms with Crippen molar-refractivity contribution in [2.45, 2.75) is 25.9 Å². The highest BCUT2D eigenvalue weighted by Crippen LogP contribution is 2.30. The SMILES string of the molecule is CCc1cnc(CCNc2cc(C(F)(F)F)nc(-c3cccnc3)n2)s1. The van der Waals surface area contributed by atoms with Crippen LogP contribution in [-0.2, 0) is 19.0 Å². The largest absolute Gasteiger partial charge is 0.433 e. The molecule has 0 aliphatic carbocycles. The van der Waals surface area contributed by atoms with Gasteiger partial charge in [0.05, 0.1) is 5.01 Å². The molecule has 1 N–H and O–H groups in total. The first-order valence-corrected chi connectivity index (χ1v) is 8.81. The summed E-state index contributed by atoms with van der Waals surface area (Å²) in [5.74, 6) is 0.108. The van der Waals surface area contributed by atoms with Gasteiger partial charge in [-0.1, -0.05) is 6.92 Å². The van der Waals surface area contributed by atoms with E-state index in [4.69, 9.17) is 0 Å². The molecule has 9 heteroatoms. The van der Waals surface area contributed by atoms with Crippen molar-refractivity contribution in [2.75, 3.05) is 11.9 Å². The summed E-state index contributed by atoms with van der Waals surface area (Å²) in [6, 6.07) is 4.16. The Hall–Kier alpha value is -2.55. The van der Waals surface area contributed by atoms with Crippen molar-refractivity contribution in [2.24, 2.45) is 0 Å². The second-order valence-corrected chi connectivity index (χ2v) is 6.65. The zero-order chi connectivity index (χ0) is 18.6. The van der Waals surface area contributed by atoms with Crippen LogP contribution in [0.25, 0.3) is 11.4 Å². The fourth-order valence-corrected chi connectivity index (χ4v) is 3.09. The molecule has 3 heterocycles. The predicted molar refractivity (Wildman–Crippen MR) is 94.0 cm³/mol. The molecule has 0 aliphatic rings. The van der Waals surface area contributed by atoms with Crippen LogP contribution < -0.4 is 5.32 Å². The van der Waals surface area contributed by atoms with Crippen molar-refractivity contribution in [1.29, 1.82) is 0 Å². The van der Waals surface area contributed by atoms with E-state index >= 15 is 0 Å². The van der Waals surface area contributed by atoms with Crippen molar-refractivity contribution < 1.29 is 13.2 Å². The van der Waals surface area contributed by atoms with E-state index in [0.717, 1.165) is 17.5 Å². The van der Waals surface area contributed by atoms with Crippen LogP contribution in [0.2, 0.25) is 0 Å². The number of nitrogens with one attached hydrogen (secondary N) is 1. The normalized spacial score (nSPS) is 11.5. The van der Waals surface area contributed by atoms with Crippen LogP contribution in [0.4, 0.5) is 19.0 Å². The fourth-order valence-electron chi connectivity index (χ4n) is 2.23. The Morgan fingerprint density at radius 3 is 2.69 bits per heavy atom. The van der Waals surface area contributed by atoms with E-state index in [1.54, 1.807) is 23.5 Å². The van der Waals surface area contributed by atoms with E-state index in [1.165, 1.54) is 17.3 Å².